The van der Waals surface area contributed by atoms with Gasteiger partial charge in [-0.25, -0.2) is 4.79 Å². The number of benzene rings is 1. The van der Waals surface area contributed by atoms with Gasteiger partial charge in [-0.2, -0.15) is 0 Å². The molecule has 0 saturated heterocycles. The smallest absolute Gasteiger partial charge is 0.408 e. The van der Waals surface area contributed by atoms with E-state index >= 15 is 0 Å². The van der Waals surface area contributed by atoms with E-state index in [-0.39, 0.29) is 12.5 Å². The average molecular weight is 506 g/mol. The van der Waals surface area contributed by atoms with Crippen LogP contribution in [0, 0.1) is 12.8 Å². The Kier molecular flexibility index (Phi) is 10.9. The Morgan fingerprint density at radius 1 is 1.00 bits per heavy atom. The first-order chi connectivity index (χ1) is 16.5. The van der Waals surface area contributed by atoms with Crippen molar-refractivity contribution in [1.29, 1.82) is 0 Å². The lowest BCUT2D eigenvalue weighted by molar-refractivity contribution is -0.150. The summed E-state index contributed by atoms with van der Waals surface area (Å²) >= 11 is 0. The van der Waals surface area contributed by atoms with Crippen molar-refractivity contribution in [2.45, 2.75) is 92.0 Å². The Bertz CT molecular complexity index is 915. The Morgan fingerprint density at radius 2 is 1.56 bits per heavy atom. The molecule has 0 aliphatic heterocycles. The van der Waals surface area contributed by atoms with Gasteiger partial charge in [0.25, 0.3) is 0 Å². The van der Waals surface area contributed by atoms with Crippen LogP contribution in [0.3, 0.4) is 0 Å². The Labute approximate surface area is 215 Å². The van der Waals surface area contributed by atoms with E-state index in [2.05, 4.69) is 15.4 Å². The van der Waals surface area contributed by atoms with Crippen molar-refractivity contribution in [3.63, 3.8) is 0 Å². The molecule has 0 saturated carbocycles. The van der Waals surface area contributed by atoms with Crippen LogP contribution >= 0.6 is 0 Å². The van der Waals surface area contributed by atoms with E-state index in [1.807, 2.05) is 53.7 Å². The van der Waals surface area contributed by atoms with Gasteiger partial charge in [0.1, 0.15) is 24.2 Å². The number of alkyl carbamates (subject to hydrolysis) is 1. The number of rotatable bonds is 9. The van der Waals surface area contributed by atoms with Crippen LogP contribution in [-0.4, -0.2) is 59.6 Å². The minimum atomic E-state index is -1.06. The van der Waals surface area contributed by atoms with Gasteiger partial charge in [0.15, 0.2) is 0 Å². The summed E-state index contributed by atoms with van der Waals surface area (Å²) in [5.74, 6) is -1.82. The van der Waals surface area contributed by atoms with Crippen molar-refractivity contribution in [2.75, 3.05) is 13.7 Å². The largest absolute Gasteiger partial charge is 0.468 e. The second kappa shape index (κ2) is 12.7. The van der Waals surface area contributed by atoms with Crippen LogP contribution in [0.4, 0.5) is 4.79 Å². The van der Waals surface area contributed by atoms with Gasteiger partial charge in [-0.15, -0.1) is 0 Å². The number of aryl methyl sites for hydroxylation is 1. The van der Waals surface area contributed by atoms with E-state index in [1.165, 1.54) is 12.0 Å². The van der Waals surface area contributed by atoms with Gasteiger partial charge in [0, 0.05) is 5.54 Å². The maximum absolute atomic E-state index is 14.2. The molecule has 1 aromatic rings. The number of esters is 1. The average Bonchev–Trinajstić information content (AvgIpc) is 2.76. The number of amides is 3. The standard InChI is InChI=1S/C27H43N3O6/c1-11-18(3)21(29-25(34)36-27(7,8)9)24(33)30(26(4,5)6)22(19-14-12-17(2)13-15-19)23(32)28-16-20(31)35-10/h12-15,18,21-22H,11,16H2,1-10H3,(H,28,32)(H,29,34). The molecule has 0 aliphatic rings. The fourth-order valence-electron chi connectivity index (χ4n) is 3.61. The molecule has 202 valence electrons. The second-order valence-electron chi connectivity index (χ2n) is 11.0. The monoisotopic (exact) mass is 505 g/mol. The molecule has 0 aromatic heterocycles. The van der Waals surface area contributed by atoms with Gasteiger partial charge in [-0.05, 0) is 59.9 Å². The lowest BCUT2D eigenvalue weighted by atomic mass is 9.91. The lowest BCUT2D eigenvalue weighted by Gasteiger charge is -2.43. The number of ether oxygens (including phenoxy) is 2. The van der Waals surface area contributed by atoms with Gasteiger partial charge in [0.05, 0.1) is 7.11 Å². The SMILES string of the molecule is CCC(C)C(NC(=O)OC(C)(C)C)C(=O)N(C(C(=O)NCC(=O)OC)c1ccc(C)cc1)C(C)(C)C. The van der Waals surface area contributed by atoms with Crippen molar-refractivity contribution in [2.24, 2.45) is 5.92 Å². The van der Waals surface area contributed by atoms with E-state index in [0.717, 1.165) is 5.56 Å². The third-order valence-corrected chi connectivity index (χ3v) is 5.65. The number of methoxy groups -OCH3 is 1. The molecule has 9 nitrogen and oxygen atoms in total. The van der Waals surface area contributed by atoms with Crippen molar-refractivity contribution in [3.8, 4) is 0 Å². The van der Waals surface area contributed by atoms with Crippen molar-refractivity contribution in [1.82, 2.24) is 15.5 Å². The number of hydrogen-bond acceptors (Lipinski definition) is 6. The zero-order valence-electron chi connectivity index (χ0n) is 23.4. The molecule has 36 heavy (non-hydrogen) atoms. The highest BCUT2D eigenvalue weighted by molar-refractivity contribution is 5.93. The topological polar surface area (TPSA) is 114 Å². The molecule has 0 aliphatic carbocycles. The van der Waals surface area contributed by atoms with Crippen molar-refractivity contribution >= 4 is 23.9 Å². The van der Waals surface area contributed by atoms with Crippen LogP contribution in [0.25, 0.3) is 0 Å². The van der Waals surface area contributed by atoms with Gasteiger partial charge in [-0.1, -0.05) is 50.1 Å². The van der Waals surface area contributed by atoms with Crippen molar-refractivity contribution < 1.29 is 28.7 Å². The zero-order valence-corrected chi connectivity index (χ0v) is 23.4. The summed E-state index contributed by atoms with van der Waals surface area (Å²) < 4.78 is 10.1. The third kappa shape index (κ3) is 9.17. The minimum Gasteiger partial charge on any atom is -0.468 e. The second-order valence-corrected chi connectivity index (χ2v) is 11.0. The number of carbonyl (C=O) groups is 4. The molecule has 1 aromatic carbocycles. The summed E-state index contributed by atoms with van der Waals surface area (Å²) in [6, 6.07) is 5.27. The molecule has 2 N–H and O–H groups in total. The zero-order chi connectivity index (χ0) is 27.8. The summed E-state index contributed by atoms with van der Waals surface area (Å²) in [6.45, 7) is 16.1. The molecule has 9 heteroatoms. The Hall–Kier alpha value is -3.10. The first kappa shape index (κ1) is 30.9. The molecule has 1 rings (SSSR count). The number of nitrogens with zero attached hydrogens (tertiary/aromatic N) is 1. The first-order valence-electron chi connectivity index (χ1n) is 12.3. The molecular formula is C27H43N3O6. The highest BCUT2D eigenvalue weighted by atomic mass is 16.6. The summed E-state index contributed by atoms with van der Waals surface area (Å²) in [7, 11) is 1.23. The van der Waals surface area contributed by atoms with Gasteiger partial charge in [-0.3, -0.25) is 14.4 Å². The predicted molar refractivity (Wildman–Crippen MR) is 138 cm³/mol. The Balaban J connectivity index is 3.56. The number of nitrogens with one attached hydrogen (secondary N) is 2. The van der Waals surface area contributed by atoms with Crippen LogP contribution in [0.2, 0.25) is 0 Å². The third-order valence-electron chi connectivity index (χ3n) is 5.65. The summed E-state index contributed by atoms with van der Waals surface area (Å²) in [4.78, 5) is 53.5. The predicted octanol–water partition coefficient (Wildman–Crippen LogP) is 3.89. The fraction of sp³-hybridized carbons (Fsp3) is 0.630. The lowest BCUT2D eigenvalue weighted by Crippen LogP contribution is -2.60. The van der Waals surface area contributed by atoms with Crippen LogP contribution in [0.15, 0.2) is 24.3 Å². The maximum Gasteiger partial charge on any atom is 0.408 e. The summed E-state index contributed by atoms with van der Waals surface area (Å²) in [6.07, 6.45) is -0.106. The van der Waals surface area contributed by atoms with Crippen LogP contribution < -0.4 is 10.6 Å². The first-order valence-corrected chi connectivity index (χ1v) is 12.3. The highest BCUT2D eigenvalue weighted by Gasteiger charge is 2.43. The quantitative estimate of drug-likeness (QED) is 0.492. The molecule has 0 fully saturated rings. The van der Waals surface area contributed by atoms with Gasteiger partial charge in [0.2, 0.25) is 11.8 Å². The van der Waals surface area contributed by atoms with E-state index in [0.29, 0.717) is 12.0 Å². The van der Waals surface area contributed by atoms with E-state index in [1.54, 1.807) is 32.9 Å². The molecule has 0 bridgehead atoms. The number of hydrogen-bond donors (Lipinski definition) is 2. The Morgan fingerprint density at radius 3 is 2.00 bits per heavy atom. The molecule has 3 amide bonds. The molecule has 3 unspecified atom stereocenters. The molecule has 0 radical (unpaired) electrons. The maximum atomic E-state index is 14.2. The molecular weight excluding hydrogens is 462 g/mol. The van der Waals surface area contributed by atoms with Crippen molar-refractivity contribution in [3.05, 3.63) is 35.4 Å². The number of carbonyl (C=O) groups excluding carboxylic acids is 4. The van der Waals surface area contributed by atoms with Crippen LogP contribution in [0.5, 0.6) is 0 Å². The minimum absolute atomic E-state index is 0.244. The van der Waals surface area contributed by atoms with E-state index in [4.69, 9.17) is 4.74 Å². The summed E-state index contributed by atoms with van der Waals surface area (Å²) in [5.41, 5.74) is 0.00242. The van der Waals surface area contributed by atoms with Gasteiger partial charge < -0.3 is 25.0 Å². The normalized spacial score (nSPS) is 14.2. The van der Waals surface area contributed by atoms with Gasteiger partial charge >= 0.3 is 12.1 Å². The molecule has 0 heterocycles. The van der Waals surface area contributed by atoms with Crippen LogP contribution in [0.1, 0.15) is 79.0 Å². The summed E-state index contributed by atoms with van der Waals surface area (Å²) in [5, 5.41) is 5.32. The van der Waals surface area contributed by atoms with Crippen LogP contribution in [-0.2, 0) is 23.9 Å². The fourth-order valence-corrected chi connectivity index (χ4v) is 3.61. The highest BCUT2D eigenvalue weighted by Crippen LogP contribution is 2.31. The van der Waals surface area contributed by atoms with E-state index in [9.17, 15) is 19.2 Å². The molecule has 3 atom stereocenters. The van der Waals surface area contributed by atoms with E-state index < -0.39 is 47.1 Å². The molecule has 0 spiro atoms.